The Kier molecular flexibility index (Phi) is 4.71. The van der Waals surface area contributed by atoms with E-state index in [-0.39, 0.29) is 5.54 Å². The molecule has 0 unspecified atom stereocenters. The molecule has 5 heteroatoms. The van der Waals surface area contributed by atoms with Gasteiger partial charge in [-0.1, -0.05) is 22.0 Å². The van der Waals surface area contributed by atoms with Crippen LogP contribution in [0.4, 0.5) is 0 Å². The first kappa shape index (κ1) is 14.6. The van der Waals surface area contributed by atoms with Gasteiger partial charge in [0.15, 0.2) is 0 Å². The highest BCUT2D eigenvalue weighted by molar-refractivity contribution is 9.10. The summed E-state index contributed by atoms with van der Waals surface area (Å²) in [5, 5.41) is 4.14. The third-order valence-corrected chi connectivity index (χ3v) is 4.05. The van der Waals surface area contributed by atoms with Gasteiger partial charge in [0.2, 0.25) is 0 Å². The Morgan fingerprint density at radius 2 is 2.16 bits per heavy atom. The van der Waals surface area contributed by atoms with Gasteiger partial charge in [-0.25, -0.2) is 4.98 Å². The van der Waals surface area contributed by atoms with Crippen LogP contribution in [-0.2, 0) is 6.54 Å². The van der Waals surface area contributed by atoms with Gasteiger partial charge in [0, 0.05) is 21.5 Å². The predicted octanol–water partition coefficient (Wildman–Crippen LogP) is 4.48. The average molecular weight is 341 g/mol. The maximum Gasteiger partial charge on any atom is 0.260 e. The minimum absolute atomic E-state index is 0.116. The zero-order chi connectivity index (χ0) is 13.9. The molecule has 0 radical (unpaired) electrons. The van der Waals surface area contributed by atoms with E-state index >= 15 is 0 Å². The largest absolute Gasteiger partial charge is 0.440 e. The molecule has 0 fully saturated rings. The summed E-state index contributed by atoms with van der Waals surface area (Å²) in [6, 6.07) is 6.29. The molecule has 1 aromatic carbocycles. The molecule has 2 aromatic rings. The van der Waals surface area contributed by atoms with Crippen LogP contribution in [0.1, 0.15) is 26.3 Å². The fourth-order valence-electron chi connectivity index (χ4n) is 1.46. The van der Waals surface area contributed by atoms with Crippen LogP contribution in [-0.4, -0.2) is 10.5 Å². The van der Waals surface area contributed by atoms with Gasteiger partial charge in [-0.3, -0.25) is 0 Å². The first-order valence-electron chi connectivity index (χ1n) is 6.05. The van der Waals surface area contributed by atoms with Crippen molar-refractivity contribution in [3.05, 3.63) is 40.7 Å². The molecule has 0 bridgehead atoms. The van der Waals surface area contributed by atoms with Crippen molar-refractivity contribution in [2.45, 2.75) is 43.0 Å². The van der Waals surface area contributed by atoms with Crippen LogP contribution in [0, 0.1) is 0 Å². The van der Waals surface area contributed by atoms with Crippen LogP contribution in [0.3, 0.4) is 0 Å². The number of aromatic nitrogens is 1. The smallest absolute Gasteiger partial charge is 0.260 e. The maximum atomic E-state index is 5.22. The lowest BCUT2D eigenvalue weighted by Crippen LogP contribution is -2.35. The van der Waals surface area contributed by atoms with Gasteiger partial charge < -0.3 is 9.73 Å². The van der Waals surface area contributed by atoms with Crippen LogP contribution >= 0.6 is 27.7 Å². The SMILES string of the molecule is CC(C)(C)NCc1ccc(Sc2ncco2)cc1Br. The number of hydrogen-bond acceptors (Lipinski definition) is 4. The molecule has 0 saturated heterocycles. The Labute approximate surface area is 126 Å². The van der Waals surface area contributed by atoms with Gasteiger partial charge in [0.05, 0.1) is 6.20 Å². The van der Waals surface area contributed by atoms with Gasteiger partial charge >= 0.3 is 0 Å². The van der Waals surface area contributed by atoms with Gasteiger partial charge in [-0.15, -0.1) is 0 Å². The number of halogens is 1. The second-order valence-corrected chi connectivity index (χ2v) is 7.14. The molecule has 1 aromatic heterocycles. The van der Waals surface area contributed by atoms with Gasteiger partial charge in [-0.05, 0) is 50.2 Å². The second kappa shape index (κ2) is 6.11. The molecule has 0 aliphatic heterocycles. The minimum atomic E-state index is 0.116. The Bertz CT molecular complexity index is 535. The third kappa shape index (κ3) is 4.67. The Morgan fingerprint density at radius 3 is 2.74 bits per heavy atom. The lowest BCUT2D eigenvalue weighted by molar-refractivity contribution is 0.424. The topological polar surface area (TPSA) is 38.1 Å². The van der Waals surface area contributed by atoms with Crippen LogP contribution in [0.2, 0.25) is 0 Å². The molecule has 0 saturated carbocycles. The van der Waals surface area contributed by atoms with Crippen molar-refractivity contribution in [2.75, 3.05) is 0 Å². The van der Waals surface area contributed by atoms with E-state index in [4.69, 9.17) is 4.42 Å². The van der Waals surface area contributed by atoms with E-state index in [1.807, 2.05) is 0 Å². The van der Waals surface area contributed by atoms with Crippen molar-refractivity contribution in [3.63, 3.8) is 0 Å². The van der Waals surface area contributed by atoms with Crippen molar-refractivity contribution < 1.29 is 4.42 Å². The molecule has 2 rings (SSSR count). The first-order chi connectivity index (χ1) is 8.94. The summed E-state index contributed by atoms with van der Waals surface area (Å²) >= 11 is 5.13. The molecule has 3 nitrogen and oxygen atoms in total. The highest BCUT2D eigenvalue weighted by Crippen LogP contribution is 2.30. The summed E-state index contributed by atoms with van der Waals surface area (Å²) in [4.78, 5) is 5.21. The van der Waals surface area contributed by atoms with Crippen molar-refractivity contribution in [1.82, 2.24) is 10.3 Å². The minimum Gasteiger partial charge on any atom is -0.440 e. The van der Waals surface area contributed by atoms with Crippen molar-refractivity contribution >= 4 is 27.7 Å². The van der Waals surface area contributed by atoms with E-state index in [1.54, 1.807) is 12.5 Å². The Morgan fingerprint density at radius 1 is 1.37 bits per heavy atom. The predicted molar refractivity (Wildman–Crippen MR) is 81.4 cm³/mol. The van der Waals surface area contributed by atoms with Gasteiger partial charge in [0.25, 0.3) is 5.22 Å². The van der Waals surface area contributed by atoms with E-state index in [9.17, 15) is 0 Å². The molecule has 0 spiro atoms. The number of nitrogens with one attached hydrogen (secondary N) is 1. The summed E-state index contributed by atoms with van der Waals surface area (Å²) < 4.78 is 6.32. The summed E-state index contributed by atoms with van der Waals surface area (Å²) in [6.07, 6.45) is 3.23. The van der Waals surface area contributed by atoms with E-state index < -0.39 is 0 Å². The molecule has 0 amide bonds. The molecule has 0 aliphatic carbocycles. The highest BCUT2D eigenvalue weighted by Gasteiger charge is 2.10. The lowest BCUT2D eigenvalue weighted by atomic mass is 10.1. The first-order valence-corrected chi connectivity index (χ1v) is 7.66. The summed E-state index contributed by atoms with van der Waals surface area (Å²) in [5.74, 6) is 0. The van der Waals surface area contributed by atoms with E-state index in [0.717, 1.165) is 15.9 Å². The zero-order valence-corrected chi connectivity index (χ0v) is 13.6. The van der Waals surface area contributed by atoms with Crippen LogP contribution < -0.4 is 5.32 Å². The zero-order valence-electron chi connectivity index (χ0n) is 11.2. The van der Waals surface area contributed by atoms with E-state index in [0.29, 0.717) is 5.22 Å². The fraction of sp³-hybridized carbons (Fsp3) is 0.357. The van der Waals surface area contributed by atoms with Gasteiger partial charge in [-0.2, -0.15) is 0 Å². The highest BCUT2D eigenvalue weighted by atomic mass is 79.9. The Balaban J connectivity index is 2.04. The van der Waals surface area contributed by atoms with Crippen LogP contribution in [0.25, 0.3) is 0 Å². The van der Waals surface area contributed by atoms with E-state index in [2.05, 4.69) is 65.2 Å². The summed E-state index contributed by atoms with van der Waals surface area (Å²) in [7, 11) is 0. The number of nitrogens with zero attached hydrogens (tertiary/aromatic N) is 1. The molecule has 19 heavy (non-hydrogen) atoms. The summed E-state index contributed by atoms with van der Waals surface area (Å²) in [6.45, 7) is 7.32. The summed E-state index contributed by atoms with van der Waals surface area (Å²) in [5.41, 5.74) is 1.36. The van der Waals surface area contributed by atoms with E-state index in [1.165, 1.54) is 17.3 Å². The second-order valence-electron chi connectivity index (χ2n) is 5.26. The third-order valence-electron chi connectivity index (χ3n) is 2.45. The molecular weight excluding hydrogens is 324 g/mol. The quantitative estimate of drug-likeness (QED) is 0.890. The molecular formula is C14H17BrN2OS. The van der Waals surface area contributed by atoms with Crippen molar-refractivity contribution in [3.8, 4) is 0 Å². The standard InChI is InChI=1S/C14H17BrN2OS/c1-14(2,3)17-9-10-4-5-11(8-12(10)15)19-13-16-6-7-18-13/h4-8,17H,9H2,1-3H3. The molecule has 0 atom stereocenters. The van der Waals surface area contributed by atoms with Crippen molar-refractivity contribution in [1.29, 1.82) is 0 Å². The van der Waals surface area contributed by atoms with Crippen molar-refractivity contribution in [2.24, 2.45) is 0 Å². The molecule has 0 aliphatic rings. The monoisotopic (exact) mass is 340 g/mol. The fourth-order valence-corrected chi connectivity index (χ4v) is 2.86. The number of rotatable bonds is 4. The molecule has 1 N–H and O–H groups in total. The number of benzene rings is 1. The molecule has 102 valence electrons. The number of hydrogen-bond donors (Lipinski definition) is 1. The van der Waals surface area contributed by atoms with Crippen LogP contribution in [0.15, 0.2) is 49.7 Å². The Hall–Kier alpha value is -0.780. The van der Waals surface area contributed by atoms with Crippen LogP contribution in [0.5, 0.6) is 0 Å². The van der Waals surface area contributed by atoms with Gasteiger partial charge in [0.1, 0.15) is 6.26 Å². The lowest BCUT2D eigenvalue weighted by Gasteiger charge is -2.21. The average Bonchev–Trinajstić information content (AvgIpc) is 2.79. The molecule has 1 heterocycles. The maximum absolute atomic E-state index is 5.22. The normalized spacial score (nSPS) is 11.8. The number of oxazole rings is 1.